The Morgan fingerprint density at radius 3 is 2.58 bits per heavy atom. The molecular weight excluding hydrogens is 300 g/mol. The van der Waals surface area contributed by atoms with E-state index >= 15 is 0 Å². The molecule has 0 radical (unpaired) electrons. The second-order valence-corrected chi connectivity index (χ2v) is 9.97. The van der Waals surface area contributed by atoms with Crippen molar-refractivity contribution in [3.8, 4) is 0 Å². The smallest absolute Gasteiger partial charge is 0.164 e. The van der Waals surface area contributed by atoms with Crippen molar-refractivity contribution < 1.29 is 14.3 Å². The molecule has 0 aromatic rings. The van der Waals surface area contributed by atoms with Crippen molar-refractivity contribution in [1.29, 1.82) is 0 Å². The van der Waals surface area contributed by atoms with E-state index in [1.807, 2.05) is 0 Å². The van der Waals surface area contributed by atoms with Crippen LogP contribution >= 0.6 is 0 Å². The molecule has 132 valence electrons. The highest BCUT2D eigenvalue weighted by Gasteiger charge is 2.76. The minimum Gasteiger partial charge on any atom is -0.357 e. The first kappa shape index (κ1) is 15.5. The summed E-state index contributed by atoms with van der Waals surface area (Å²) in [4.78, 5) is 24.4. The van der Waals surface area contributed by atoms with Crippen molar-refractivity contribution in [3.05, 3.63) is 0 Å². The van der Waals surface area contributed by atoms with Crippen LogP contribution in [0.15, 0.2) is 0 Å². The average Bonchev–Trinajstić information content (AvgIpc) is 3.17. The third kappa shape index (κ3) is 1.59. The van der Waals surface area contributed by atoms with Gasteiger partial charge in [-0.2, -0.15) is 0 Å². The van der Waals surface area contributed by atoms with Crippen LogP contribution in [0.25, 0.3) is 0 Å². The van der Waals surface area contributed by atoms with Crippen LogP contribution in [0.4, 0.5) is 0 Å². The van der Waals surface area contributed by atoms with Gasteiger partial charge in [0.1, 0.15) is 17.5 Å². The van der Waals surface area contributed by atoms with Crippen molar-refractivity contribution in [2.75, 3.05) is 0 Å². The highest BCUT2D eigenvalue weighted by molar-refractivity contribution is 5.88. The van der Waals surface area contributed by atoms with E-state index in [9.17, 15) is 9.59 Å². The number of epoxide rings is 1. The van der Waals surface area contributed by atoms with E-state index in [1.54, 1.807) is 6.92 Å². The number of fused-ring (bicyclic) bond motifs is 4. The Hall–Kier alpha value is -0.700. The lowest BCUT2D eigenvalue weighted by Crippen LogP contribution is -2.58. The van der Waals surface area contributed by atoms with E-state index in [4.69, 9.17) is 4.74 Å². The zero-order chi connectivity index (χ0) is 16.9. The SMILES string of the molecule is CC(=O)C1CCC2C3CCC45OC4C(=O)CC[C@]5(C)C3CC[C@]12C. The minimum absolute atomic E-state index is 0.0842. The number of carbonyl (C=O) groups is 2. The average molecular weight is 330 g/mol. The van der Waals surface area contributed by atoms with Gasteiger partial charge in [0.2, 0.25) is 0 Å². The maximum Gasteiger partial charge on any atom is 0.164 e. The first-order valence-electron chi connectivity index (χ1n) is 10.0. The van der Waals surface area contributed by atoms with Gasteiger partial charge in [-0.3, -0.25) is 9.59 Å². The Labute approximate surface area is 144 Å². The van der Waals surface area contributed by atoms with Gasteiger partial charge in [-0.25, -0.2) is 0 Å². The van der Waals surface area contributed by atoms with E-state index in [0.29, 0.717) is 29.8 Å². The van der Waals surface area contributed by atoms with Crippen molar-refractivity contribution in [1.82, 2.24) is 0 Å². The normalized spacial score (nSPS) is 58.3. The van der Waals surface area contributed by atoms with E-state index in [1.165, 1.54) is 25.7 Å². The molecule has 1 heterocycles. The molecule has 0 aromatic heterocycles. The number of hydrogen-bond donors (Lipinski definition) is 0. The minimum atomic E-state index is -0.115. The number of ether oxygens (including phenoxy) is 1. The molecule has 3 nitrogen and oxygen atoms in total. The summed E-state index contributed by atoms with van der Waals surface area (Å²) in [5.74, 6) is 3.17. The van der Waals surface area contributed by atoms with E-state index in [2.05, 4.69) is 13.8 Å². The van der Waals surface area contributed by atoms with Gasteiger partial charge < -0.3 is 4.74 Å². The molecule has 0 N–H and O–H groups in total. The number of Topliss-reactive ketones (excluding diaryl/α,β-unsaturated/α-hetero) is 2. The van der Waals surface area contributed by atoms with Gasteiger partial charge in [-0.05, 0) is 75.0 Å². The van der Waals surface area contributed by atoms with Crippen LogP contribution in [0.1, 0.15) is 72.1 Å². The van der Waals surface area contributed by atoms with Crippen molar-refractivity contribution >= 4 is 11.6 Å². The fourth-order valence-corrected chi connectivity index (χ4v) is 8.17. The lowest BCUT2D eigenvalue weighted by atomic mass is 9.44. The Morgan fingerprint density at radius 1 is 1.04 bits per heavy atom. The van der Waals surface area contributed by atoms with Crippen LogP contribution in [0.2, 0.25) is 0 Å². The summed E-state index contributed by atoms with van der Waals surface area (Å²) in [6.07, 6.45) is 8.66. The zero-order valence-corrected chi connectivity index (χ0v) is 15.3. The molecule has 5 rings (SSSR count). The molecule has 0 amide bonds. The second-order valence-electron chi connectivity index (χ2n) is 9.97. The van der Waals surface area contributed by atoms with Crippen molar-refractivity contribution in [3.63, 3.8) is 0 Å². The molecule has 8 atom stereocenters. The van der Waals surface area contributed by atoms with E-state index < -0.39 is 0 Å². The molecule has 4 saturated carbocycles. The fourth-order valence-electron chi connectivity index (χ4n) is 8.17. The maximum absolute atomic E-state index is 12.2. The lowest BCUT2D eigenvalue weighted by molar-refractivity contribution is -0.137. The van der Waals surface area contributed by atoms with Gasteiger partial charge in [0.05, 0.1) is 0 Å². The molecule has 24 heavy (non-hydrogen) atoms. The molecule has 1 spiro atoms. The number of ketones is 2. The summed E-state index contributed by atoms with van der Waals surface area (Å²) in [6, 6.07) is 0. The van der Waals surface area contributed by atoms with Gasteiger partial charge in [-0.15, -0.1) is 0 Å². The van der Waals surface area contributed by atoms with Gasteiger partial charge >= 0.3 is 0 Å². The monoisotopic (exact) mass is 330 g/mol. The molecule has 6 unspecified atom stereocenters. The standard InChI is InChI=1S/C21H30O3/c1-12(22)14-4-5-15-13-6-11-21-18(24-21)17(23)8-10-20(21,3)16(13)7-9-19(14,15)2/h13-16,18H,4-11H2,1-3H3/t13?,14?,15?,16?,18?,19-,20-,21?/m1/s1. The van der Waals surface area contributed by atoms with Crippen LogP contribution < -0.4 is 0 Å². The Bertz CT molecular complexity index is 627. The maximum atomic E-state index is 12.2. The quantitative estimate of drug-likeness (QED) is 0.684. The van der Waals surface area contributed by atoms with Crippen molar-refractivity contribution in [2.24, 2.45) is 34.5 Å². The summed E-state index contributed by atoms with van der Waals surface area (Å²) >= 11 is 0. The van der Waals surface area contributed by atoms with Crippen LogP contribution in [-0.4, -0.2) is 23.3 Å². The van der Waals surface area contributed by atoms with Crippen LogP contribution in [0.5, 0.6) is 0 Å². The first-order valence-corrected chi connectivity index (χ1v) is 10.0. The summed E-state index contributed by atoms with van der Waals surface area (Å²) in [5.41, 5.74) is 0.294. The van der Waals surface area contributed by atoms with Crippen LogP contribution in [0, 0.1) is 34.5 Å². The molecular formula is C21H30O3. The third-order valence-corrected chi connectivity index (χ3v) is 9.44. The van der Waals surface area contributed by atoms with Gasteiger partial charge in [0.25, 0.3) is 0 Å². The molecule has 5 aliphatic rings. The fraction of sp³-hybridized carbons (Fsp3) is 0.905. The van der Waals surface area contributed by atoms with Gasteiger partial charge in [0, 0.05) is 17.8 Å². The molecule has 4 aliphatic carbocycles. The molecule has 1 saturated heterocycles. The molecule has 5 fully saturated rings. The van der Waals surface area contributed by atoms with Gasteiger partial charge in [0.15, 0.2) is 5.78 Å². The Kier molecular flexibility index (Phi) is 2.93. The van der Waals surface area contributed by atoms with Crippen LogP contribution in [-0.2, 0) is 14.3 Å². The summed E-state index contributed by atoms with van der Waals surface area (Å²) < 4.78 is 6.13. The summed E-state index contributed by atoms with van der Waals surface area (Å²) in [6.45, 7) is 6.63. The summed E-state index contributed by atoms with van der Waals surface area (Å²) in [5, 5.41) is 0. The highest BCUT2D eigenvalue weighted by Crippen LogP contribution is 2.72. The predicted molar refractivity (Wildman–Crippen MR) is 90.4 cm³/mol. The van der Waals surface area contributed by atoms with Gasteiger partial charge in [-0.1, -0.05) is 13.8 Å². The highest BCUT2D eigenvalue weighted by atomic mass is 16.6. The number of hydrogen-bond acceptors (Lipinski definition) is 3. The largest absolute Gasteiger partial charge is 0.357 e. The molecule has 3 heteroatoms. The van der Waals surface area contributed by atoms with E-state index in [-0.39, 0.29) is 28.5 Å². The molecule has 0 bridgehead atoms. The van der Waals surface area contributed by atoms with E-state index in [0.717, 1.165) is 25.2 Å². The zero-order valence-electron chi connectivity index (χ0n) is 15.3. The van der Waals surface area contributed by atoms with Crippen LogP contribution in [0.3, 0.4) is 0 Å². The number of carbonyl (C=O) groups excluding carboxylic acids is 2. The second kappa shape index (κ2) is 4.52. The topological polar surface area (TPSA) is 46.7 Å². The Balaban J connectivity index is 1.49. The predicted octanol–water partition coefficient (Wildman–Crippen LogP) is 3.93. The molecule has 0 aromatic carbocycles. The Morgan fingerprint density at radius 2 is 1.83 bits per heavy atom. The molecule has 1 aliphatic heterocycles. The number of rotatable bonds is 1. The lowest BCUT2D eigenvalue weighted by Gasteiger charge is -2.59. The first-order chi connectivity index (χ1) is 11.3. The summed E-state index contributed by atoms with van der Waals surface area (Å²) in [7, 11) is 0. The van der Waals surface area contributed by atoms with Crippen molar-refractivity contribution in [2.45, 2.75) is 83.8 Å². The third-order valence-electron chi connectivity index (χ3n) is 9.44.